The quantitative estimate of drug-likeness (QED) is 0.181. The molecular formula is C52H34N4O. The summed E-state index contributed by atoms with van der Waals surface area (Å²) in [7, 11) is 0. The van der Waals surface area contributed by atoms with Crippen LogP contribution in [-0.4, -0.2) is 19.5 Å². The van der Waals surface area contributed by atoms with Crippen LogP contribution in [0.2, 0.25) is 0 Å². The van der Waals surface area contributed by atoms with Crippen molar-refractivity contribution in [1.29, 1.82) is 0 Å². The molecule has 0 bridgehead atoms. The van der Waals surface area contributed by atoms with E-state index in [-0.39, 0.29) is 5.41 Å². The van der Waals surface area contributed by atoms with Gasteiger partial charge in [-0.15, -0.1) is 0 Å². The second-order valence-corrected chi connectivity index (χ2v) is 15.6. The summed E-state index contributed by atoms with van der Waals surface area (Å²) in [6.45, 7) is 4.60. The van der Waals surface area contributed by atoms with E-state index in [2.05, 4.69) is 170 Å². The lowest BCUT2D eigenvalue weighted by Crippen LogP contribution is -2.15. The van der Waals surface area contributed by atoms with Gasteiger partial charge in [-0.25, -0.2) is 15.0 Å². The maximum atomic E-state index is 6.90. The molecule has 0 spiro atoms. The van der Waals surface area contributed by atoms with E-state index < -0.39 is 0 Å². The largest absolute Gasteiger partial charge is 0.455 e. The highest BCUT2D eigenvalue weighted by Crippen LogP contribution is 2.49. The first kappa shape index (κ1) is 31.9. The minimum atomic E-state index is -0.156. The van der Waals surface area contributed by atoms with Gasteiger partial charge in [-0.3, -0.25) is 0 Å². The first-order chi connectivity index (χ1) is 28.0. The van der Waals surface area contributed by atoms with Crippen LogP contribution in [0.5, 0.6) is 0 Å². The maximum absolute atomic E-state index is 6.90. The smallest absolute Gasteiger partial charge is 0.167 e. The average molecular weight is 731 g/mol. The number of hydrogen-bond acceptors (Lipinski definition) is 4. The van der Waals surface area contributed by atoms with Crippen molar-refractivity contribution in [1.82, 2.24) is 19.5 Å². The fourth-order valence-electron chi connectivity index (χ4n) is 9.31. The Morgan fingerprint density at radius 3 is 1.88 bits per heavy atom. The zero-order valence-electron chi connectivity index (χ0n) is 31.4. The second-order valence-electron chi connectivity index (χ2n) is 15.6. The summed E-state index contributed by atoms with van der Waals surface area (Å²) in [5, 5.41) is 6.75. The molecule has 0 radical (unpaired) electrons. The summed E-state index contributed by atoms with van der Waals surface area (Å²) in [5.41, 5.74) is 12.7. The number of rotatable bonds is 4. The van der Waals surface area contributed by atoms with Crippen LogP contribution in [0.3, 0.4) is 0 Å². The highest BCUT2D eigenvalue weighted by molar-refractivity contribution is 6.22. The molecule has 0 unspecified atom stereocenters. The van der Waals surface area contributed by atoms with Crippen LogP contribution in [0.4, 0.5) is 0 Å². The van der Waals surface area contributed by atoms with Gasteiger partial charge in [0.15, 0.2) is 17.5 Å². The van der Waals surface area contributed by atoms with Crippen LogP contribution in [0.1, 0.15) is 25.0 Å². The van der Waals surface area contributed by atoms with E-state index in [1.165, 1.54) is 44.1 Å². The van der Waals surface area contributed by atoms with Crippen molar-refractivity contribution in [3.05, 3.63) is 181 Å². The van der Waals surface area contributed by atoms with Gasteiger partial charge in [0.05, 0.1) is 16.6 Å². The lowest BCUT2D eigenvalue weighted by molar-refractivity contribution is 0.660. The van der Waals surface area contributed by atoms with Crippen molar-refractivity contribution in [2.24, 2.45) is 0 Å². The van der Waals surface area contributed by atoms with Gasteiger partial charge in [0.25, 0.3) is 0 Å². The third-order valence-electron chi connectivity index (χ3n) is 12.0. The van der Waals surface area contributed by atoms with Crippen LogP contribution in [0.25, 0.3) is 105 Å². The molecule has 8 aromatic carbocycles. The third kappa shape index (κ3) is 4.66. The molecule has 0 fully saturated rings. The molecule has 3 heterocycles. The van der Waals surface area contributed by atoms with Crippen molar-refractivity contribution >= 4 is 54.5 Å². The number of hydrogen-bond donors (Lipinski definition) is 0. The minimum absolute atomic E-state index is 0.156. The molecule has 0 atom stereocenters. The molecular weight excluding hydrogens is 697 g/mol. The number of benzene rings is 8. The lowest BCUT2D eigenvalue weighted by Gasteiger charge is -2.21. The molecule has 5 heteroatoms. The second kappa shape index (κ2) is 11.8. The predicted molar refractivity (Wildman–Crippen MR) is 233 cm³/mol. The SMILES string of the molecule is CC1(C)c2ccccc2-c2ccc(-c3nc(-c4ccccc4)nc(-c4cc5ccccc5c5c4oc4ccc(-n6c7ccccc7c7ccccc76)cc45)n3)cc21. The molecule has 3 aromatic heterocycles. The van der Waals surface area contributed by atoms with Gasteiger partial charge in [-0.05, 0) is 75.5 Å². The number of fused-ring (bicyclic) bond motifs is 11. The van der Waals surface area contributed by atoms with Crippen LogP contribution >= 0.6 is 0 Å². The first-order valence-corrected chi connectivity index (χ1v) is 19.4. The van der Waals surface area contributed by atoms with Gasteiger partial charge in [0.1, 0.15) is 11.2 Å². The Labute approximate surface area is 328 Å². The van der Waals surface area contributed by atoms with E-state index in [1.807, 2.05) is 18.2 Å². The fourth-order valence-corrected chi connectivity index (χ4v) is 9.31. The fraction of sp³-hybridized carbons (Fsp3) is 0.0577. The van der Waals surface area contributed by atoms with Crippen molar-refractivity contribution in [2.75, 3.05) is 0 Å². The van der Waals surface area contributed by atoms with E-state index in [1.54, 1.807) is 0 Å². The molecule has 1 aliphatic carbocycles. The highest BCUT2D eigenvalue weighted by Gasteiger charge is 2.35. The van der Waals surface area contributed by atoms with E-state index in [0.717, 1.165) is 55.1 Å². The number of nitrogens with zero attached hydrogens (tertiary/aromatic N) is 4. The molecule has 0 saturated heterocycles. The molecule has 11 aromatic rings. The van der Waals surface area contributed by atoms with Crippen LogP contribution in [0, 0.1) is 0 Å². The van der Waals surface area contributed by atoms with Gasteiger partial charge < -0.3 is 8.98 Å². The standard InChI is InChI=1S/C52H34N4O/c1-52(2)42-21-11-8-18-36(42)37-26-24-33(29-43(37)52)50-53-49(31-14-4-3-5-15-31)54-51(55-50)41-28-32-16-6-7-17-35(32)47-40-30-34(25-27-46(40)57-48(41)47)56-44-22-12-9-19-38(44)39-20-10-13-23-45(39)56/h3-30H,1-2H3. The molecule has 0 N–H and O–H groups in total. The zero-order chi connectivity index (χ0) is 37.8. The van der Waals surface area contributed by atoms with Crippen molar-refractivity contribution < 1.29 is 4.42 Å². The molecule has 0 saturated carbocycles. The molecule has 268 valence electrons. The van der Waals surface area contributed by atoms with Crippen molar-refractivity contribution in [3.63, 3.8) is 0 Å². The third-order valence-corrected chi connectivity index (χ3v) is 12.0. The number of aromatic nitrogens is 4. The topological polar surface area (TPSA) is 56.7 Å². The minimum Gasteiger partial charge on any atom is -0.455 e. The van der Waals surface area contributed by atoms with E-state index in [0.29, 0.717) is 17.5 Å². The summed E-state index contributed by atoms with van der Waals surface area (Å²) in [5.74, 6) is 1.81. The van der Waals surface area contributed by atoms with E-state index in [4.69, 9.17) is 19.4 Å². The van der Waals surface area contributed by atoms with Crippen molar-refractivity contribution in [2.45, 2.75) is 19.3 Å². The Morgan fingerprint density at radius 2 is 1.09 bits per heavy atom. The monoisotopic (exact) mass is 730 g/mol. The van der Waals surface area contributed by atoms with Gasteiger partial charge >= 0.3 is 0 Å². The summed E-state index contributed by atoms with van der Waals surface area (Å²) in [4.78, 5) is 15.6. The Bertz CT molecular complexity index is 3390. The zero-order valence-corrected chi connectivity index (χ0v) is 31.4. The normalized spacial score (nSPS) is 13.2. The van der Waals surface area contributed by atoms with Crippen LogP contribution < -0.4 is 0 Å². The molecule has 1 aliphatic rings. The van der Waals surface area contributed by atoms with Crippen LogP contribution in [-0.2, 0) is 5.41 Å². The van der Waals surface area contributed by atoms with E-state index >= 15 is 0 Å². The van der Waals surface area contributed by atoms with Crippen LogP contribution in [0.15, 0.2) is 174 Å². The van der Waals surface area contributed by atoms with Gasteiger partial charge in [0.2, 0.25) is 0 Å². The Balaban J connectivity index is 1.10. The number of para-hydroxylation sites is 2. The Hall–Kier alpha value is -7.37. The summed E-state index contributed by atoms with van der Waals surface area (Å²) < 4.78 is 9.26. The van der Waals surface area contributed by atoms with Gasteiger partial charge in [-0.2, -0.15) is 0 Å². The predicted octanol–water partition coefficient (Wildman–Crippen LogP) is 13.3. The maximum Gasteiger partial charge on any atom is 0.167 e. The molecule has 5 nitrogen and oxygen atoms in total. The number of furan rings is 1. The molecule has 0 aliphatic heterocycles. The Kier molecular flexibility index (Phi) is 6.62. The van der Waals surface area contributed by atoms with Gasteiger partial charge in [0, 0.05) is 43.8 Å². The summed E-state index contributed by atoms with van der Waals surface area (Å²) >= 11 is 0. The summed E-state index contributed by atoms with van der Waals surface area (Å²) in [6, 6.07) is 60.0. The van der Waals surface area contributed by atoms with Gasteiger partial charge in [-0.1, -0.05) is 141 Å². The molecule has 12 rings (SSSR count). The summed E-state index contributed by atoms with van der Waals surface area (Å²) in [6.07, 6.45) is 0. The average Bonchev–Trinajstić information content (AvgIpc) is 3.89. The highest BCUT2D eigenvalue weighted by atomic mass is 16.3. The lowest BCUT2D eigenvalue weighted by atomic mass is 9.82. The van der Waals surface area contributed by atoms with Crippen molar-refractivity contribution in [3.8, 4) is 51.0 Å². The van der Waals surface area contributed by atoms with E-state index in [9.17, 15) is 0 Å². The molecule has 0 amide bonds. The Morgan fingerprint density at radius 1 is 0.456 bits per heavy atom. The first-order valence-electron chi connectivity index (χ1n) is 19.4. The molecule has 57 heavy (non-hydrogen) atoms.